The Morgan fingerprint density at radius 2 is 1.92 bits per heavy atom. The Morgan fingerprint density at radius 3 is 2.75 bits per heavy atom. The highest BCUT2D eigenvalue weighted by Gasteiger charge is 2.20. The molecule has 4 nitrogen and oxygen atoms in total. The molecule has 0 aromatic carbocycles. The van der Waals surface area contributed by atoms with Gasteiger partial charge in [0.2, 0.25) is 5.78 Å². The van der Waals surface area contributed by atoms with E-state index in [9.17, 15) is 9.59 Å². The summed E-state index contributed by atoms with van der Waals surface area (Å²) in [7, 11) is 0. The van der Waals surface area contributed by atoms with Gasteiger partial charge in [-0.25, -0.2) is 4.99 Å². The number of hydrogen-bond donors (Lipinski definition) is 0. The molecule has 0 aromatic heterocycles. The first kappa shape index (κ1) is 6.84. The summed E-state index contributed by atoms with van der Waals surface area (Å²) >= 11 is 0. The molecule has 2 aliphatic heterocycles. The average molecular weight is 160 g/mol. The molecular formula is C8H4N2O2. The molecule has 0 radical (unpaired) electrons. The summed E-state index contributed by atoms with van der Waals surface area (Å²) in [5.74, 6) is -0.676. The number of dihydropyridines is 1. The molecule has 1 amide bonds. The highest BCUT2D eigenvalue weighted by Crippen LogP contribution is 2.04. The molecule has 12 heavy (non-hydrogen) atoms. The van der Waals surface area contributed by atoms with Crippen LogP contribution in [0.3, 0.4) is 0 Å². The summed E-state index contributed by atoms with van der Waals surface area (Å²) in [6.07, 6.45) is 5.46. The number of fused-ring (bicyclic) bond motifs is 1. The molecule has 2 rings (SSSR count). The predicted octanol–water partition coefficient (Wildman–Crippen LogP) is 0.0612. The fraction of sp³-hybridized carbons (Fsp3) is 0. The van der Waals surface area contributed by atoms with E-state index >= 15 is 0 Å². The summed E-state index contributed by atoms with van der Waals surface area (Å²) in [5.41, 5.74) is 0.604. The first-order chi connectivity index (χ1) is 5.77. The minimum absolute atomic E-state index is 0.144. The van der Waals surface area contributed by atoms with Crippen LogP contribution in [0, 0.1) is 0 Å². The van der Waals surface area contributed by atoms with Crippen LogP contribution in [0.5, 0.6) is 0 Å². The highest BCUT2D eigenvalue weighted by atomic mass is 16.1. The maximum absolute atomic E-state index is 11.1. The van der Waals surface area contributed by atoms with Crippen LogP contribution in [0.25, 0.3) is 0 Å². The van der Waals surface area contributed by atoms with Gasteiger partial charge >= 0.3 is 0 Å². The van der Waals surface area contributed by atoms with Crippen LogP contribution in [0.4, 0.5) is 0 Å². The average Bonchev–Trinajstić information content (AvgIpc) is 2.07. The van der Waals surface area contributed by atoms with Crippen LogP contribution in [0.2, 0.25) is 0 Å². The van der Waals surface area contributed by atoms with Gasteiger partial charge in [-0.1, -0.05) is 0 Å². The number of hydrogen-bond acceptors (Lipinski definition) is 3. The molecule has 2 aliphatic rings. The summed E-state index contributed by atoms with van der Waals surface area (Å²) < 4.78 is 0. The van der Waals surface area contributed by atoms with E-state index in [-0.39, 0.29) is 11.5 Å². The standard InChI is InChI=1S/C8H4N2O2/c11-6-3-4-9-5-1-2-7(12)10-8(5)6/h1-4H. The van der Waals surface area contributed by atoms with Crippen LogP contribution in [0.15, 0.2) is 34.4 Å². The monoisotopic (exact) mass is 160 g/mol. The van der Waals surface area contributed by atoms with Crippen LogP contribution < -0.4 is 0 Å². The van der Waals surface area contributed by atoms with Gasteiger partial charge in [0.05, 0.1) is 5.71 Å². The normalized spacial score (nSPS) is 20.3. The van der Waals surface area contributed by atoms with Crippen molar-refractivity contribution in [1.82, 2.24) is 0 Å². The van der Waals surface area contributed by atoms with Gasteiger partial charge in [0.15, 0.2) is 0 Å². The van der Waals surface area contributed by atoms with Crippen LogP contribution >= 0.6 is 0 Å². The lowest BCUT2D eigenvalue weighted by molar-refractivity contribution is -0.114. The minimum atomic E-state index is -0.410. The van der Waals surface area contributed by atoms with E-state index in [1.807, 2.05) is 0 Å². The first-order valence-electron chi connectivity index (χ1n) is 3.37. The fourth-order valence-corrected chi connectivity index (χ4v) is 0.984. The first-order valence-corrected chi connectivity index (χ1v) is 3.37. The Bertz CT molecular complexity index is 386. The summed E-state index contributed by atoms with van der Waals surface area (Å²) in [5, 5.41) is 0. The third-order valence-corrected chi connectivity index (χ3v) is 1.52. The Labute approximate surface area is 68.0 Å². The SMILES string of the molecule is O=C1C=CC2=NC=CC(=O)C2=N1. The fourth-order valence-electron chi connectivity index (χ4n) is 0.984. The quantitative estimate of drug-likeness (QED) is 0.503. The molecule has 4 heteroatoms. The van der Waals surface area contributed by atoms with E-state index in [1.165, 1.54) is 24.4 Å². The van der Waals surface area contributed by atoms with Crippen LogP contribution in [-0.2, 0) is 9.59 Å². The third-order valence-electron chi connectivity index (χ3n) is 1.52. The van der Waals surface area contributed by atoms with Crippen molar-refractivity contribution in [1.29, 1.82) is 0 Å². The Hall–Kier alpha value is -1.84. The summed E-state index contributed by atoms with van der Waals surface area (Å²) in [6.45, 7) is 0. The van der Waals surface area contributed by atoms with Crippen molar-refractivity contribution < 1.29 is 9.59 Å². The smallest absolute Gasteiger partial charge is 0.270 e. The number of carbonyl (C=O) groups excluding carboxylic acids is 2. The van der Waals surface area contributed by atoms with Crippen LogP contribution in [-0.4, -0.2) is 23.1 Å². The molecule has 58 valence electrons. The van der Waals surface area contributed by atoms with Crippen molar-refractivity contribution >= 4 is 23.1 Å². The third kappa shape index (κ3) is 0.934. The highest BCUT2D eigenvalue weighted by molar-refractivity contribution is 6.73. The molecule has 0 atom stereocenters. The number of amides is 1. The maximum Gasteiger partial charge on any atom is 0.270 e. The lowest BCUT2D eigenvalue weighted by atomic mass is 10.1. The van der Waals surface area contributed by atoms with Crippen molar-refractivity contribution in [3.05, 3.63) is 24.4 Å². The lowest BCUT2D eigenvalue weighted by Gasteiger charge is -2.07. The van der Waals surface area contributed by atoms with Gasteiger partial charge in [0, 0.05) is 18.4 Å². The van der Waals surface area contributed by atoms with Gasteiger partial charge in [-0.05, 0) is 6.08 Å². The molecule has 0 bridgehead atoms. The van der Waals surface area contributed by atoms with E-state index in [1.54, 1.807) is 0 Å². The Balaban J connectivity index is 2.53. The lowest BCUT2D eigenvalue weighted by Crippen LogP contribution is -2.27. The zero-order valence-electron chi connectivity index (χ0n) is 6.02. The maximum atomic E-state index is 11.1. The molecule has 0 spiro atoms. The largest absolute Gasteiger partial charge is 0.287 e. The number of aliphatic imine (C=N–C) groups is 2. The van der Waals surface area contributed by atoms with Gasteiger partial charge < -0.3 is 0 Å². The Morgan fingerprint density at radius 1 is 1.08 bits per heavy atom. The predicted molar refractivity (Wildman–Crippen MR) is 43.2 cm³/mol. The van der Waals surface area contributed by atoms with E-state index in [2.05, 4.69) is 9.98 Å². The molecule has 0 aromatic rings. The number of carbonyl (C=O) groups is 2. The van der Waals surface area contributed by atoms with E-state index in [4.69, 9.17) is 0 Å². The summed E-state index contributed by atoms with van der Waals surface area (Å²) in [6, 6.07) is 0. The molecule has 2 heterocycles. The number of ketones is 1. The van der Waals surface area contributed by atoms with Crippen molar-refractivity contribution in [2.45, 2.75) is 0 Å². The molecule has 0 saturated carbocycles. The molecule has 0 unspecified atom stereocenters. The number of allylic oxidation sites excluding steroid dienone is 2. The number of rotatable bonds is 0. The zero-order valence-corrected chi connectivity index (χ0v) is 6.02. The van der Waals surface area contributed by atoms with Crippen molar-refractivity contribution in [3.8, 4) is 0 Å². The number of nitrogens with zero attached hydrogens (tertiary/aromatic N) is 2. The second-order valence-corrected chi connectivity index (χ2v) is 2.33. The van der Waals surface area contributed by atoms with Gasteiger partial charge in [0.1, 0.15) is 5.71 Å². The second kappa shape index (κ2) is 2.34. The topological polar surface area (TPSA) is 58.9 Å². The van der Waals surface area contributed by atoms with Gasteiger partial charge in [-0.2, -0.15) is 0 Å². The van der Waals surface area contributed by atoms with Gasteiger partial charge in [-0.3, -0.25) is 14.6 Å². The van der Waals surface area contributed by atoms with Gasteiger partial charge in [-0.15, -0.1) is 0 Å². The summed E-state index contributed by atoms with van der Waals surface area (Å²) in [4.78, 5) is 29.3. The second-order valence-electron chi connectivity index (χ2n) is 2.33. The molecule has 0 saturated heterocycles. The molecular weight excluding hydrogens is 156 g/mol. The molecule has 0 N–H and O–H groups in total. The van der Waals surface area contributed by atoms with Crippen molar-refractivity contribution in [2.75, 3.05) is 0 Å². The van der Waals surface area contributed by atoms with Crippen LogP contribution in [0.1, 0.15) is 0 Å². The van der Waals surface area contributed by atoms with Crippen molar-refractivity contribution in [3.63, 3.8) is 0 Å². The minimum Gasteiger partial charge on any atom is -0.287 e. The zero-order chi connectivity index (χ0) is 8.55. The van der Waals surface area contributed by atoms with E-state index in [0.29, 0.717) is 5.71 Å². The van der Waals surface area contributed by atoms with E-state index in [0.717, 1.165) is 0 Å². The molecule has 0 aliphatic carbocycles. The molecule has 0 fully saturated rings. The Kier molecular flexibility index (Phi) is 1.33. The van der Waals surface area contributed by atoms with Gasteiger partial charge in [0.25, 0.3) is 5.91 Å². The van der Waals surface area contributed by atoms with Crippen molar-refractivity contribution in [2.24, 2.45) is 9.98 Å². The van der Waals surface area contributed by atoms with E-state index < -0.39 is 5.91 Å².